The Kier molecular flexibility index (Phi) is 3.53. The van der Waals surface area contributed by atoms with Crippen molar-refractivity contribution >= 4 is 10.0 Å². The Hall–Kier alpha value is -1.02. The van der Waals surface area contributed by atoms with Crippen LogP contribution in [0, 0.1) is 5.82 Å². The average Bonchev–Trinajstić information content (AvgIpc) is 3.00. The van der Waals surface area contributed by atoms with Gasteiger partial charge in [0.05, 0.1) is 23.1 Å². The molecule has 0 radical (unpaired) electrons. The van der Waals surface area contributed by atoms with E-state index in [1.54, 1.807) is 0 Å². The lowest BCUT2D eigenvalue weighted by atomic mass is 9.96. The predicted octanol–water partition coefficient (Wildman–Crippen LogP) is 0.883. The van der Waals surface area contributed by atoms with Crippen LogP contribution in [0.15, 0.2) is 23.1 Å². The first-order valence-corrected chi connectivity index (χ1v) is 8.14. The molecule has 3 N–H and O–H groups in total. The van der Waals surface area contributed by atoms with Crippen LogP contribution in [-0.2, 0) is 21.3 Å². The number of benzene rings is 1. The van der Waals surface area contributed by atoms with E-state index >= 15 is 0 Å². The van der Waals surface area contributed by atoms with E-state index in [9.17, 15) is 12.8 Å². The summed E-state index contributed by atoms with van der Waals surface area (Å²) in [5.74, 6) is -0.491. The van der Waals surface area contributed by atoms with Crippen LogP contribution in [0.25, 0.3) is 0 Å². The van der Waals surface area contributed by atoms with E-state index in [2.05, 4.69) is 4.72 Å². The molecule has 7 heteroatoms. The highest BCUT2D eigenvalue weighted by Crippen LogP contribution is 2.35. The summed E-state index contributed by atoms with van der Waals surface area (Å²) in [6.45, 7) is -0.0353. The Balaban J connectivity index is 1.81. The molecular formula is C13H17FN2O3S. The van der Waals surface area contributed by atoms with Gasteiger partial charge >= 0.3 is 0 Å². The number of halogens is 1. The van der Waals surface area contributed by atoms with Crippen molar-refractivity contribution in [1.82, 2.24) is 4.72 Å². The molecule has 0 spiro atoms. The molecule has 2 bridgehead atoms. The van der Waals surface area contributed by atoms with Gasteiger partial charge in [-0.1, -0.05) is 0 Å². The molecule has 0 aromatic heterocycles. The first-order valence-electron chi connectivity index (χ1n) is 6.66. The summed E-state index contributed by atoms with van der Waals surface area (Å²) in [6.07, 6.45) is 2.71. The van der Waals surface area contributed by atoms with Crippen LogP contribution < -0.4 is 10.5 Å². The van der Waals surface area contributed by atoms with Crippen molar-refractivity contribution in [2.24, 2.45) is 5.73 Å². The van der Waals surface area contributed by atoms with Crippen LogP contribution in [-0.4, -0.2) is 26.7 Å². The van der Waals surface area contributed by atoms with E-state index in [0.717, 1.165) is 18.9 Å². The van der Waals surface area contributed by atoms with Gasteiger partial charge in [0.25, 0.3) is 0 Å². The Morgan fingerprint density at radius 3 is 2.80 bits per heavy atom. The molecule has 2 heterocycles. The quantitative estimate of drug-likeness (QED) is 0.865. The summed E-state index contributed by atoms with van der Waals surface area (Å²) in [4.78, 5) is 0.0436. The molecule has 2 aliphatic rings. The molecular weight excluding hydrogens is 283 g/mol. The van der Waals surface area contributed by atoms with Gasteiger partial charge in [-0.3, -0.25) is 0 Å². The number of nitrogens with two attached hydrogens (primary N) is 1. The maximum absolute atomic E-state index is 13.4. The van der Waals surface area contributed by atoms with Crippen molar-refractivity contribution in [3.8, 4) is 0 Å². The van der Waals surface area contributed by atoms with Crippen LogP contribution in [0.2, 0.25) is 0 Å². The fourth-order valence-electron chi connectivity index (χ4n) is 2.90. The zero-order valence-electron chi connectivity index (χ0n) is 10.9. The topological polar surface area (TPSA) is 81.4 Å². The van der Waals surface area contributed by atoms with E-state index in [-0.39, 0.29) is 35.3 Å². The van der Waals surface area contributed by atoms with E-state index < -0.39 is 15.8 Å². The van der Waals surface area contributed by atoms with Crippen molar-refractivity contribution in [3.05, 3.63) is 29.6 Å². The zero-order chi connectivity index (χ0) is 14.3. The third-order valence-electron chi connectivity index (χ3n) is 3.96. The van der Waals surface area contributed by atoms with Crippen molar-refractivity contribution in [3.63, 3.8) is 0 Å². The normalized spacial score (nSPS) is 29.0. The third-order valence-corrected chi connectivity index (χ3v) is 5.45. The minimum absolute atomic E-state index is 0.0353. The van der Waals surface area contributed by atoms with Crippen molar-refractivity contribution in [1.29, 1.82) is 0 Å². The minimum atomic E-state index is -3.67. The van der Waals surface area contributed by atoms with E-state index in [1.165, 1.54) is 12.1 Å². The largest absolute Gasteiger partial charge is 0.373 e. The van der Waals surface area contributed by atoms with Crippen LogP contribution in [0.4, 0.5) is 4.39 Å². The summed E-state index contributed by atoms with van der Waals surface area (Å²) in [6, 6.07) is 3.48. The van der Waals surface area contributed by atoms with Gasteiger partial charge in [-0.15, -0.1) is 0 Å². The van der Waals surface area contributed by atoms with Gasteiger partial charge in [-0.25, -0.2) is 17.5 Å². The Bertz CT molecular complexity index is 620. The van der Waals surface area contributed by atoms with Crippen LogP contribution in [0.3, 0.4) is 0 Å². The number of rotatable bonds is 4. The van der Waals surface area contributed by atoms with Gasteiger partial charge in [0, 0.05) is 12.1 Å². The van der Waals surface area contributed by atoms with Gasteiger partial charge in [0.2, 0.25) is 10.0 Å². The molecule has 110 valence electrons. The summed E-state index contributed by atoms with van der Waals surface area (Å²) < 4.78 is 46.3. The molecule has 20 heavy (non-hydrogen) atoms. The molecule has 2 fully saturated rings. The summed E-state index contributed by atoms with van der Waals surface area (Å²) >= 11 is 0. The van der Waals surface area contributed by atoms with Crippen LogP contribution in [0.1, 0.15) is 24.8 Å². The molecule has 3 atom stereocenters. The van der Waals surface area contributed by atoms with E-state index in [1.807, 2.05) is 0 Å². The standard InChI is InChI=1S/C13H17FN2O3S/c14-11-3-2-10(5-8(11)7-15)20(17,18)16-12-6-9-1-4-13(12)19-9/h2-3,5,9,12-13,16H,1,4,6-7,15H2. The highest BCUT2D eigenvalue weighted by molar-refractivity contribution is 7.89. The predicted molar refractivity (Wildman–Crippen MR) is 70.9 cm³/mol. The summed E-state index contributed by atoms with van der Waals surface area (Å²) in [7, 11) is -3.67. The van der Waals surface area contributed by atoms with Gasteiger partial charge in [0.15, 0.2) is 0 Å². The molecule has 0 amide bonds. The number of fused-ring (bicyclic) bond motifs is 2. The van der Waals surface area contributed by atoms with Crippen LogP contribution in [0.5, 0.6) is 0 Å². The zero-order valence-corrected chi connectivity index (χ0v) is 11.7. The van der Waals surface area contributed by atoms with Crippen LogP contribution >= 0.6 is 0 Å². The second-order valence-electron chi connectivity index (χ2n) is 5.29. The Labute approximate surface area is 117 Å². The lowest BCUT2D eigenvalue weighted by Crippen LogP contribution is -2.41. The molecule has 1 aromatic rings. The number of ether oxygens (including phenoxy) is 1. The second kappa shape index (κ2) is 5.07. The molecule has 2 aliphatic heterocycles. The summed E-state index contributed by atoms with van der Waals surface area (Å²) in [5.41, 5.74) is 5.59. The lowest BCUT2D eigenvalue weighted by Gasteiger charge is -2.20. The fourth-order valence-corrected chi connectivity index (χ4v) is 4.23. The van der Waals surface area contributed by atoms with Gasteiger partial charge in [-0.05, 0) is 37.5 Å². The second-order valence-corrected chi connectivity index (χ2v) is 7.01. The summed E-state index contributed by atoms with van der Waals surface area (Å²) in [5, 5.41) is 0. The lowest BCUT2D eigenvalue weighted by molar-refractivity contribution is 0.0996. The Morgan fingerprint density at radius 2 is 2.20 bits per heavy atom. The molecule has 2 saturated heterocycles. The van der Waals surface area contributed by atoms with Crippen molar-refractivity contribution in [2.75, 3.05) is 0 Å². The minimum Gasteiger partial charge on any atom is -0.373 e. The average molecular weight is 300 g/mol. The third kappa shape index (κ3) is 2.46. The molecule has 3 rings (SSSR count). The molecule has 0 saturated carbocycles. The first kappa shape index (κ1) is 13.9. The van der Waals surface area contributed by atoms with Crippen molar-refractivity contribution < 1.29 is 17.5 Å². The molecule has 0 aliphatic carbocycles. The van der Waals surface area contributed by atoms with Gasteiger partial charge < -0.3 is 10.5 Å². The van der Waals surface area contributed by atoms with E-state index in [4.69, 9.17) is 10.5 Å². The number of hydrogen-bond donors (Lipinski definition) is 2. The Morgan fingerprint density at radius 1 is 1.40 bits per heavy atom. The SMILES string of the molecule is NCc1cc(S(=O)(=O)NC2CC3CCC2O3)ccc1F. The maximum atomic E-state index is 13.4. The molecule has 1 aromatic carbocycles. The number of sulfonamides is 1. The maximum Gasteiger partial charge on any atom is 0.240 e. The molecule has 5 nitrogen and oxygen atoms in total. The van der Waals surface area contributed by atoms with Crippen molar-refractivity contribution in [2.45, 2.75) is 49.0 Å². The monoisotopic (exact) mass is 300 g/mol. The van der Waals surface area contributed by atoms with Gasteiger partial charge in [0.1, 0.15) is 5.82 Å². The molecule has 3 unspecified atom stereocenters. The number of nitrogens with one attached hydrogen (secondary N) is 1. The fraction of sp³-hybridized carbons (Fsp3) is 0.538. The number of hydrogen-bond acceptors (Lipinski definition) is 4. The smallest absolute Gasteiger partial charge is 0.240 e. The first-order chi connectivity index (χ1) is 9.49. The highest BCUT2D eigenvalue weighted by Gasteiger charge is 2.42. The van der Waals surface area contributed by atoms with Gasteiger partial charge in [-0.2, -0.15) is 0 Å². The highest BCUT2D eigenvalue weighted by atomic mass is 32.2. The van der Waals surface area contributed by atoms with E-state index in [0.29, 0.717) is 6.42 Å².